The summed E-state index contributed by atoms with van der Waals surface area (Å²) in [5.74, 6) is 0.428. The van der Waals surface area contributed by atoms with Crippen molar-refractivity contribution in [3.05, 3.63) is 30.3 Å². The molecule has 0 radical (unpaired) electrons. The minimum atomic E-state index is -0.383. The molecule has 3 atom stereocenters. The average Bonchev–Trinajstić information content (AvgIpc) is 2.65. The summed E-state index contributed by atoms with van der Waals surface area (Å²) in [6.45, 7) is 6.77. The molecule has 2 bridgehead atoms. The van der Waals surface area contributed by atoms with Gasteiger partial charge in [0.2, 0.25) is 0 Å². The fourth-order valence-corrected chi connectivity index (χ4v) is 3.84. The van der Waals surface area contributed by atoms with E-state index in [-0.39, 0.29) is 16.9 Å². The highest BCUT2D eigenvalue weighted by Crippen LogP contribution is 2.64. The zero-order chi connectivity index (χ0) is 13.0. The van der Waals surface area contributed by atoms with E-state index in [0.717, 1.165) is 24.2 Å². The van der Waals surface area contributed by atoms with Crippen molar-refractivity contribution in [2.45, 2.75) is 39.7 Å². The third-order valence-corrected chi connectivity index (χ3v) is 5.55. The number of hydrogen-bond acceptors (Lipinski definition) is 2. The van der Waals surface area contributed by atoms with Gasteiger partial charge in [-0.1, -0.05) is 39.0 Å². The van der Waals surface area contributed by atoms with Gasteiger partial charge in [0, 0.05) is 11.3 Å². The lowest BCUT2D eigenvalue weighted by Crippen LogP contribution is -2.37. The van der Waals surface area contributed by atoms with Gasteiger partial charge < -0.3 is 5.11 Å². The number of hydrogen-bond donors (Lipinski definition) is 1. The van der Waals surface area contributed by atoms with Gasteiger partial charge in [-0.15, -0.1) is 0 Å². The lowest BCUT2D eigenvalue weighted by atomic mass is 9.70. The third-order valence-electron chi connectivity index (χ3n) is 5.55. The molecule has 2 heteroatoms. The second-order valence-corrected chi connectivity index (χ2v) is 6.51. The number of para-hydroxylation sites is 1. The Labute approximate surface area is 109 Å². The molecule has 0 saturated heterocycles. The van der Waals surface area contributed by atoms with Crippen molar-refractivity contribution in [3.63, 3.8) is 0 Å². The molecule has 0 aliphatic heterocycles. The molecule has 2 aliphatic carbocycles. The van der Waals surface area contributed by atoms with E-state index in [1.54, 1.807) is 0 Å². The summed E-state index contributed by atoms with van der Waals surface area (Å²) in [6, 6.07) is 9.98. The predicted molar refractivity (Wildman–Crippen MR) is 74.2 cm³/mol. The summed E-state index contributed by atoms with van der Waals surface area (Å²) >= 11 is 0. The van der Waals surface area contributed by atoms with Crippen LogP contribution in [0.1, 0.15) is 33.6 Å². The summed E-state index contributed by atoms with van der Waals surface area (Å²) in [5.41, 5.74) is 2.10. The minimum Gasteiger partial charge on any atom is -0.387 e. The normalized spacial score (nSPS) is 39.4. The van der Waals surface area contributed by atoms with Crippen LogP contribution in [0.4, 0.5) is 5.69 Å². The first-order chi connectivity index (χ1) is 8.47. The molecule has 0 spiro atoms. The topological polar surface area (TPSA) is 32.6 Å². The van der Waals surface area contributed by atoms with Crippen molar-refractivity contribution >= 4 is 11.4 Å². The average molecular weight is 243 g/mol. The quantitative estimate of drug-likeness (QED) is 0.803. The predicted octanol–water partition coefficient (Wildman–Crippen LogP) is 3.58. The van der Waals surface area contributed by atoms with Gasteiger partial charge >= 0.3 is 0 Å². The molecular weight excluding hydrogens is 222 g/mol. The Balaban J connectivity index is 2.04. The van der Waals surface area contributed by atoms with Crippen LogP contribution in [0.5, 0.6) is 0 Å². The number of rotatable bonds is 1. The first-order valence-corrected chi connectivity index (χ1v) is 6.78. The van der Waals surface area contributed by atoms with Crippen molar-refractivity contribution in [3.8, 4) is 0 Å². The molecular formula is C16H21NO. The van der Waals surface area contributed by atoms with Crippen molar-refractivity contribution in [2.75, 3.05) is 0 Å². The van der Waals surface area contributed by atoms with Gasteiger partial charge in [0.05, 0.1) is 17.5 Å². The van der Waals surface area contributed by atoms with Crippen LogP contribution >= 0.6 is 0 Å². The van der Waals surface area contributed by atoms with E-state index in [4.69, 9.17) is 4.99 Å². The maximum absolute atomic E-state index is 10.6. The van der Waals surface area contributed by atoms with Crippen LogP contribution in [0.3, 0.4) is 0 Å². The monoisotopic (exact) mass is 243 g/mol. The van der Waals surface area contributed by atoms with Gasteiger partial charge in [-0.2, -0.15) is 0 Å². The molecule has 3 unspecified atom stereocenters. The summed E-state index contributed by atoms with van der Waals surface area (Å²) in [5, 5.41) is 10.6. The Morgan fingerprint density at radius 1 is 1.17 bits per heavy atom. The van der Waals surface area contributed by atoms with Crippen LogP contribution in [-0.2, 0) is 0 Å². The van der Waals surface area contributed by atoms with Crippen LogP contribution in [0.25, 0.3) is 0 Å². The number of fused-ring (bicyclic) bond motifs is 2. The molecule has 0 heterocycles. The summed E-state index contributed by atoms with van der Waals surface area (Å²) < 4.78 is 0. The van der Waals surface area contributed by atoms with E-state index in [1.807, 2.05) is 30.3 Å². The van der Waals surface area contributed by atoms with Gasteiger partial charge in [0.1, 0.15) is 0 Å². The van der Waals surface area contributed by atoms with E-state index in [1.165, 1.54) is 0 Å². The number of aliphatic hydroxyl groups is 1. The summed E-state index contributed by atoms with van der Waals surface area (Å²) in [6.07, 6.45) is 1.89. The Hall–Kier alpha value is -1.15. The van der Waals surface area contributed by atoms with E-state index >= 15 is 0 Å². The minimum absolute atomic E-state index is 0.00865. The highest BCUT2D eigenvalue weighted by atomic mass is 16.3. The van der Waals surface area contributed by atoms with Crippen LogP contribution in [0, 0.1) is 16.7 Å². The zero-order valence-corrected chi connectivity index (χ0v) is 11.4. The molecule has 1 aromatic rings. The SMILES string of the molecule is CC1(C)C2CCC1(C)C(O)C2=Nc1ccccc1. The van der Waals surface area contributed by atoms with Gasteiger partial charge in [0.15, 0.2) is 0 Å². The first kappa shape index (κ1) is 11.9. The molecule has 96 valence electrons. The van der Waals surface area contributed by atoms with Crippen LogP contribution in [-0.4, -0.2) is 16.9 Å². The van der Waals surface area contributed by atoms with Gasteiger partial charge in [-0.05, 0) is 30.4 Å². The first-order valence-electron chi connectivity index (χ1n) is 6.78. The Bertz CT molecular complexity index is 491. The van der Waals surface area contributed by atoms with E-state index < -0.39 is 0 Å². The molecule has 2 aliphatic rings. The number of aliphatic imine (C=N–C) groups is 1. The zero-order valence-electron chi connectivity index (χ0n) is 11.4. The fraction of sp³-hybridized carbons (Fsp3) is 0.562. The molecule has 3 rings (SSSR count). The van der Waals surface area contributed by atoms with Crippen molar-refractivity contribution in [2.24, 2.45) is 21.7 Å². The third kappa shape index (κ3) is 1.36. The number of aliphatic hydroxyl groups excluding tert-OH is 1. The molecule has 2 fully saturated rings. The Kier molecular flexibility index (Phi) is 2.43. The van der Waals surface area contributed by atoms with Crippen molar-refractivity contribution in [1.82, 2.24) is 0 Å². The molecule has 18 heavy (non-hydrogen) atoms. The lowest BCUT2D eigenvalue weighted by Gasteiger charge is -2.35. The van der Waals surface area contributed by atoms with E-state index in [2.05, 4.69) is 20.8 Å². The maximum atomic E-state index is 10.6. The van der Waals surface area contributed by atoms with Gasteiger partial charge in [0.25, 0.3) is 0 Å². The van der Waals surface area contributed by atoms with Crippen LogP contribution in [0.2, 0.25) is 0 Å². The second-order valence-electron chi connectivity index (χ2n) is 6.51. The van der Waals surface area contributed by atoms with E-state index in [0.29, 0.717) is 5.92 Å². The lowest BCUT2D eigenvalue weighted by molar-refractivity contribution is 0.0339. The Morgan fingerprint density at radius 2 is 1.83 bits per heavy atom. The molecule has 1 N–H and O–H groups in total. The fourth-order valence-electron chi connectivity index (χ4n) is 3.84. The number of benzene rings is 1. The Morgan fingerprint density at radius 3 is 2.39 bits per heavy atom. The smallest absolute Gasteiger partial charge is 0.0982 e. The van der Waals surface area contributed by atoms with Crippen LogP contribution < -0.4 is 0 Å². The van der Waals surface area contributed by atoms with E-state index in [9.17, 15) is 5.11 Å². The van der Waals surface area contributed by atoms with Gasteiger partial charge in [-0.3, -0.25) is 4.99 Å². The van der Waals surface area contributed by atoms with Gasteiger partial charge in [-0.25, -0.2) is 0 Å². The molecule has 1 aromatic carbocycles. The number of nitrogens with zero attached hydrogens (tertiary/aromatic N) is 1. The highest BCUT2D eigenvalue weighted by Gasteiger charge is 2.64. The standard InChI is InChI=1S/C16H21NO/c1-15(2)12-9-10-16(15,3)14(18)13(12)17-11-7-5-4-6-8-11/h4-8,12,14,18H,9-10H2,1-3H3. The van der Waals surface area contributed by atoms with Crippen LogP contribution in [0.15, 0.2) is 35.3 Å². The van der Waals surface area contributed by atoms with Crippen molar-refractivity contribution in [1.29, 1.82) is 0 Å². The summed E-state index contributed by atoms with van der Waals surface area (Å²) in [7, 11) is 0. The second kappa shape index (κ2) is 3.67. The van der Waals surface area contributed by atoms with Crippen molar-refractivity contribution < 1.29 is 5.11 Å². The highest BCUT2D eigenvalue weighted by molar-refractivity contribution is 5.97. The molecule has 2 nitrogen and oxygen atoms in total. The maximum Gasteiger partial charge on any atom is 0.0982 e. The molecule has 2 saturated carbocycles. The largest absolute Gasteiger partial charge is 0.387 e. The molecule has 0 amide bonds. The summed E-state index contributed by atoms with van der Waals surface area (Å²) in [4.78, 5) is 4.73. The molecule has 0 aromatic heterocycles.